The number of carbonyl (C=O) groups is 2. The van der Waals surface area contributed by atoms with Crippen molar-refractivity contribution in [1.29, 1.82) is 0 Å². The molecule has 6 heteroatoms. The topological polar surface area (TPSA) is 70.7 Å². The zero-order chi connectivity index (χ0) is 20.0. The molecule has 0 radical (unpaired) electrons. The summed E-state index contributed by atoms with van der Waals surface area (Å²) in [6.07, 6.45) is 0.258. The maximum atomic E-state index is 12.3. The fourth-order valence-corrected chi connectivity index (χ4v) is 3.52. The van der Waals surface area contributed by atoms with Crippen LogP contribution >= 0.6 is 0 Å². The van der Waals surface area contributed by atoms with Crippen LogP contribution in [-0.4, -0.2) is 61.6 Å². The van der Waals surface area contributed by atoms with Crippen LogP contribution in [0.4, 0.5) is 0 Å². The van der Waals surface area contributed by atoms with Gasteiger partial charge in [-0.1, -0.05) is 42.5 Å². The van der Waals surface area contributed by atoms with E-state index in [1.54, 1.807) is 0 Å². The van der Waals surface area contributed by atoms with Crippen molar-refractivity contribution in [2.45, 2.75) is 25.8 Å². The number of morpholine rings is 1. The standard InChI is InChI=1S/C22H29N3O3/c1-22(2,25-10-12-28-13-11-25)16-24-21(27)15-23-20(26)14-18-8-5-7-17-6-3-4-9-19(17)18/h3-9H,10-16H2,1-2H3,(H,23,26)(H,24,27). The summed E-state index contributed by atoms with van der Waals surface area (Å²) in [6.45, 7) is 7.92. The normalized spacial score (nSPS) is 15.4. The minimum atomic E-state index is -0.174. The molecule has 2 amide bonds. The Hall–Kier alpha value is -2.44. The summed E-state index contributed by atoms with van der Waals surface area (Å²) in [5.74, 6) is -0.327. The third kappa shape index (κ3) is 5.30. The summed E-state index contributed by atoms with van der Waals surface area (Å²) < 4.78 is 5.38. The number of fused-ring (bicyclic) bond motifs is 1. The van der Waals surface area contributed by atoms with Gasteiger partial charge in [0, 0.05) is 25.2 Å². The Balaban J connectivity index is 1.45. The van der Waals surface area contributed by atoms with E-state index >= 15 is 0 Å². The van der Waals surface area contributed by atoms with Crippen LogP contribution in [0.3, 0.4) is 0 Å². The van der Waals surface area contributed by atoms with Gasteiger partial charge in [0.2, 0.25) is 11.8 Å². The molecule has 1 aliphatic heterocycles. The first kappa shape index (κ1) is 20.3. The fraction of sp³-hybridized carbons (Fsp3) is 0.455. The molecule has 2 aromatic carbocycles. The molecule has 0 aromatic heterocycles. The van der Waals surface area contributed by atoms with Crippen molar-refractivity contribution in [3.05, 3.63) is 48.0 Å². The number of hydrogen-bond acceptors (Lipinski definition) is 4. The third-order valence-electron chi connectivity index (χ3n) is 5.26. The number of carbonyl (C=O) groups excluding carboxylic acids is 2. The van der Waals surface area contributed by atoms with Crippen molar-refractivity contribution in [1.82, 2.24) is 15.5 Å². The van der Waals surface area contributed by atoms with Gasteiger partial charge in [0.05, 0.1) is 26.2 Å². The Morgan fingerprint density at radius 2 is 1.71 bits per heavy atom. The lowest BCUT2D eigenvalue weighted by Gasteiger charge is -2.40. The van der Waals surface area contributed by atoms with Crippen molar-refractivity contribution in [3.63, 3.8) is 0 Å². The maximum absolute atomic E-state index is 12.3. The average molecular weight is 383 g/mol. The molecule has 2 aromatic rings. The van der Waals surface area contributed by atoms with Crippen molar-refractivity contribution in [2.24, 2.45) is 0 Å². The fourth-order valence-electron chi connectivity index (χ4n) is 3.52. The summed E-state index contributed by atoms with van der Waals surface area (Å²) in [4.78, 5) is 26.8. The minimum Gasteiger partial charge on any atom is -0.379 e. The Labute approximate surface area is 166 Å². The second kappa shape index (κ2) is 9.17. The molecule has 0 aliphatic carbocycles. The lowest BCUT2D eigenvalue weighted by atomic mass is 10.0. The first-order chi connectivity index (χ1) is 13.5. The zero-order valence-corrected chi connectivity index (χ0v) is 16.7. The molecule has 1 heterocycles. The Bertz CT molecular complexity index is 823. The van der Waals surface area contributed by atoms with Gasteiger partial charge in [-0.3, -0.25) is 14.5 Å². The molecule has 3 rings (SSSR count). The number of amides is 2. The van der Waals surface area contributed by atoms with E-state index in [0.717, 1.165) is 42.6 Å². The molecule has 28 heavy (non-hydrogen) atoms. The van der Waals surface area contributed by atoms with Crippen molar-refractivity contribution in [3.8, 4) is 0 Å². The van der Waals surface area contributed by atoms with Crippen LogP contribution < -0.4 is 10.6 Å². The highest BCUT2D eigenvalue weighted by Crippen LogP contribution is 2.19. The highest BCUT2D eigenvalue weighted by molar-refractivity contribution is 5.91. The van der Waals surface area contributed by atoms with E-state index in [2.05, 4.69) is 29.4 Å². The number of nitrogens with zero attached hydrogens (tertiary/aromatic N) is 1. The first-order valence-corrected chi connectivity index (χ1v) is 9.78. The number of benzene rings is 2. The van der Waals surface area contributed by atoms with Crippen molar-refractivity contribution >= 4 is 22.6 Å². The van der Waals surface area contributed by atoms with E-state index in [1.807, 2.05) is 42.5 Å². The van der Waals surface area contributed by atoms with E-state index in [-0.39, 0.29) is 30.3 Å². The van der Waals surface area contributed by atoms with Crippen LogP contribution in [0, 0.1) is 0 Å². The lowest BCUT2D eigenvalue weighted by Crippen LogP contribution is -2.56. The predicted octanol–water partition coefficient (Wildman–Crippen LogP) is 1.73. The quantitative estimate of drug-likeness (QED) is 0.764. The van der Waals surface area contributed by atoms with Gasteiger partial charge in [-0.2, -0.15) is 0 Å². The molecule has 150 valence electrons. The summed E-state index contributed by atoms with van der Waals surface area (Å²) in [5.41, 5.74) is 0.816. The smallest absolute Gasteiger partial charge is 0.239 e. The lowest BCUT2D eigenvalue weighted by molar-refractivity contribution is -0.126. The molecular formula is C22H29N3O3. The molecule has 1 aliphatic rings. The number of ether oxygens (including phenoxy) is 1. The van der Waals surface area contributed by atoms with Gasteiger partial charge < -0.3 is 15.4 Å². The largest absolute Gasteiger partial charge is 0.379 e. The molecule has 6 nitrogen and oxygen atoms in total. The van der Waals surface area contributed by atoms with Gasteiger partial charge in [-0.25, -0.2) is 0 Å². The van der Waals surface area contributed by atoms with Crippen LogP contribution in [0.1, 0.15) is 19.4 Å². The van der Waals surface area contributed by atoms with Crippen LogP contribution in [-0.2, 0) is 20.7 Å². The van der Waals surface area contributed by atoms with E-state index < -0.39 is 0 Å². The van der Waals surface area contributed by atoms with Crippen LogP contribution in [0.5, 0.6) is 0 Å². The highest BCUT2D eigenvalue weighted by Gasteiger charge is 2.28. The molecule has 1 saturated heterocycles. The average Bonchev–Trinajstić information content (AvgIpc) is 2.72. The summed E-state index contributed by atoms with van der Waals surface area (Å²) in [5, 5.41) is 7.83. The Morgan fingerprint density at radius 3 is 2.50 bits per heavy atom. The van der Waals surface area contributed by atoms with Crippen LogP contribution in [0.25, 0.3) is 10.8 Å². The maximum Gasteiger partial charge on any atom is 0.239 e. The Morgan fingerprint density at radius 1 is 1.00 bits per heavy atom. The number of rotatable bonds is 7. The highest BCUT2D eigenvalue weighted by atomic mass is 16.5. The van der Waals surface area contributed by atoms with Gasteiger partial charge >= 0.3 is 0 Å². The number of hydrogen-bond donors (Lipinski definition) is 2. The second-order valence-corrected chi connectivity index (χ2v) is 7.78. The third-order valence-corrected chi connectivity index (χ3v) is 5.26. The van der Waals surface area contributed by atoms with Gasteiger partial charge in [-0.15, -0.1) is 0 Å². The molecule has 1 fully saturated rings. The minimum absolute atomic E-state index is 0.0111. The van der Waals surface area contributed by atoms with E-state index in [0.29, 0.717) is 6.54 Å². The van der Waals surface area contributed by atoms with Crippen molar-refractivity contribution in [2.75, 3.05) is 39.4 Å². The summed E-state index contributed by atoms with van der Waals surface area (Å²) >= 11 is 0. The van der Waals surface area contributed by atoms with E-state index in [4.69, 9.17) is 4.74 Å². The molecule has 0 unspecified atom stereocenters. The van der Waals surface area contributed by atoms with Gasteiger partial charge in [0.25, 0.3) is 0 Å². The molecule has 0 bridgehead atoms. The van der Waals surface area contributed by atoms with Crippen LogP contribution in [0.2, 0.25) is 0 Å². The Kier molecular flexibility index (Phi) is 6.65. The number of nitrogens with one attached hydrogen (secondary N) is 2. The van der Waals surface area contributed by atoms with Crippen molar-refractivity contribution < 1.29 is 14.3 Å². The SMILES string of the molecule is CC(C)(CNC(=O)CNC(=O)Cc1cccc2ccccc12)N1CCOCC1. The van der Waals surface area contributed by atoms with Gasteiger partial charge in [0.1, 0.15) is 0 Å². The zero-order valence-electron chi connectivity index (χ0n) is 16.7. The first-order valence-electron chi connectivity index (χ1n) is 9.78. The predicted molar refractivity (Wildman–Crippen MR) is 110 cm³/mol. The van der Waals surface area contributed by atoms with E-state index in [9.17, 15) is 9.59 Å². The molecule has 2 N–H and O–H groups in total. The summed E-state index contributed by atoms with van der Waals surface area (Å²) in [6, 6.07) is 13.9. The molecule has 0 saturated carbocycles. The monoisotopic (exact) mass is 383 g/mol. The molecule has 0 atom stereocenters. The van der Waals surface area contributed by atoms with Gasteiger partial charge in [0.15, 0.2) is 0 Å². The molecular weight excluding hydrogens is 354 g/mol. The summed E-state index contributed by atoms with van der Waals surface area (Å²) in [7, 11) is 0. The van der Waals surface area contributed by atoms with E-state index in [1.165, 1.54) is 0 Å². The molecule has 0 spiro atoms. The van der Waals surface area contributed by atoms with Gasteiger partial charge in [-0.05, 0) is 30.2 Å². The van der Waals surface area contributed by atoms with Crippen LogP contribution in [0.15, 0.2) is 42.5 Å². The second-order valence-electron chi connectivity index (χ2n) is 7.78.